The summed E-state index contributed by atoms with van der Waals surface area (Å²) in [7, 11) is 0. The lowest BCUT2D eigenvalue weighted by molar-refractivity contribution is -0.144. The largest absolute Gasteiger partial charge is 0.480 e. The van der Waals surface area contributed by atoms with Gasteiger partial charge in [0.25, 0.3) is 5.91 Å². The molecule has 6 heteroatoms. The second-order valence-electron chi connectivity index (χ2n) is 4.88. The van der Waals surface area contributed by atoms with E-state index in [2.05, 4.69) is 21.2 Å². The molecule has 0 radical (unpaired) electrons. The molecule has 104 valence electrons. The van der Waals surface area contributed by atoms with Crippen molar-refractivity contribution < 1.29 is 14.7 Å². The minimum absolute atomic E-state index is 0.322. The van der Waals surface area contributed by atoms with Crippen LogP contribution in [-0.4, -0.2) is 27.1 Å². The van der Waals surface area contributed by atoms with Crippen LogP contribution in [0, 0.1) is 0 Å². The quantitative estimate of drug-likeness (QED) is 0.891. The summed E-state index contributed by atoms with van der Waals surface area (Å²) in [5.41, 5.74) is -0.603. The number of amides is 1. The molecule has 0 atom stereocenters. The van der Waals surface area contributed by atoms with Crippen LogP contribution in [0.2, 0.25) is 0 Å². The summed E-state index contributed by atoms with van der Waals surface area (Å²) in [4.78, 5) is 23.7. The van der Waals surface area contributed by atoms with Gasteiger partial charge in [-0.3, -0.25) is 4.79 Å². The first-order chi connectivity index (χ1) is 8.98. The molecule has 5 nitrogen and oxygen atoms in total. The van der Waals surface area contributed by atoms with Crippen molar-refractivity contribution in [2.45, 2.75) is 44.7 Å². The summed E-state index contributed by atoms with van der Waals surface area (Å²) in [5, 5.41) is 12.1. The first-order valence-corrected chi connectivity index (χ1v) is 7.19. The fourth-order valence-corrected chi connectivity index (χ4v) is 3.04. The number of carbonyl (C=O) groups is 2. The Labute approximate surface area is 120 Å². The normalized spacial score (nSPS) is 17.4. The van der Waals surface area contributed by atoms with Crippen molar-refractivity contribution in [1.29, 1.82) is 0 Å². The van der Waals surface area contributed by atoms with Crippen LogP contribution in [0.1, 0.15) is 43.1 Å². The monoisotopic (exact) mass is 328 g/mol. The molecule has 0 aliphatic heterocycles. The Bertz CT molecular complexity index is 504. The number of nitrogens with one attached hydrogen (secondary N) is 1. The molecule has 0 saturated heterocycles. The third kappa shape index (κ3) is 2.68. The van der Waals surface area contributed by atoms with Crippen LogP contribution in [0.4, 0.5) is 0 Å². The molecule has 1 heterocycles. The highest BCUT2D eigenvalue weighted by Gasteiger charge is 2.43. The van der Waals surface area contributed by atoms with E-state index < -0.39 is 11.5 Å². The number of hydrogen-bond donors (Lipinski definition) is 2. The molecule has 1 saturated carbocycles. The topological polar surface area (TPSA) is 71.3 Å². The van der Waals surface area contributed by atoms with Gasteiger partial charge in [0, 0.05) is 17.2 Å². The fourth-order valence-electron chi connectivity index (χ4n) is 2.58. The first kappa shape index (κ1) is 14.1. The van der Waals surface area contributed by atoms with Crippen molar-refractivity contribution in [3.63, 3.8) is 0 Å². The van der Waals surface area contributed by atoms with Crippen molar-refractivity contribution in [3.8, 4) is 0 Å². The Morgan fingerprint density at radius 2 is 2.11 bits per heavy atom. The highest BCUT2D eigenvalue weighted by atomic mass is 79.9. The van der Waals surface area contributed by atoms with E-state index in [4.69, 9.17) is 0 Å². The number of carbonyl (C=O) groups excluding carboxylic acids is 1. The maximum Gasteiger partial charge on any atom is 0.329 e. The van der Waals surface area contributed by atoms with E-state index in [-0.39, 0.29) is 5.91 Å². The molecule has 0 unspecified atom stereocenters. The number of hydrogen-bond acceptors (Lipinski definition) is 2. The van der Waals surface area contributed by atoms with Crippen molar-refractivity contribution >= 4 is 27.8 Å². The summed E-state index contributed by atoms with van der Waals surface area (Å²) in [5.74, 6) is -1.26. The number of rotatable bonds is 4. The minimum atomic E-state index is -1.09. The third-order valence-electron chi connectivity index (χ3n) is 3.66. The molecule has 0 spiro atoms. The summed E-state index contributed by atoms with van der Waals surface area (Å²) in [6, 6.07) is 1.71. The lowest BCUT2D eigenvalue weighted by Crippen LogP contribution is -2.52. The molecule has 1 aliphatic rings. The molecule has 1 aromatic rings. The van der Waals surface area contributed by atoms with Crippen LogP contribution in [0.15, 0.2) is 16.7 Å². The summed E-state index contributed by atoms with van der Waals surface area (Å²) in [6.07, 6.45) is 4.50. The predicted octanol–water partition coefficient (Wildman–Crippen LogP) is 2.40. The van der Waals surface area contributed by atoms with Gasteiger partial charge in [0.1, 0.15) is 11.2 Å². The lowest BCUT2D eigenvalue weighted by Gasteiger charge is -2.25. The lowest BCUT2D eigenvalue weighted by atomic mass is 9.97. The highest BCUT2D eigenvalue weighted by molar-refractivity contribution is 9.10. The van der Waals surface area contributed by atoms with Crippen LogP contribution in [0.5, 0.6) is 0 Å². The van der Waals surface area contributed by atoms with E-state index in [1.54, 1.807) is 10.6 Å². The van der Waals surface area contributed by atoms with Crippen molar-refractivity contribution in [2.24, 2.45) is 0 Å². The molecule has 0 bridgehead atoms. The van der Waals surface area contributed by atoms with Crippen LogP contribution in [0.3, 0.4) is 0 Å². The molecule has 2 rings (SSSR count). The number of aliphatic carboxylic acids is 1. The Morgan fingerprint density at radius 3 is 2.63 bits per heavy atom. The van der Waals surface area contributed by atoms with Gasteiger partial charge in [-0.05, 0) is 41.8 Å². The van der Waals surface area contributed by atoms with E-state index in [0.717, 1.165) is 17.3 Å². The maximum atomic E-state index is 12.3. The van der Waals surface area contributed by atoms with Gasteiger partial charge >= 0.3 is 5.97 Å². The van der Waals surface area contributed by atoms with Crippen molar-refractivity contribution in [1.82, 2.24) is 9.88 Å². The predicted molar refractivity (Wildman–Crippen MR) is 74.1 cm³/mol. The van der Waals surface area contributed by atoms with Crippen molar-refractivity contribution in [3.05, 3.63) is 22.4 Å². The van der Waals surface area contributed by atoms with Crippen LogP contribution < -0.4 is 5.32 Å². The zero-order valence-electron chi connectivity index (χ0n) is 10.8. The first-order valence-electron chi connectivity index (χ1n) is 6.40. The van der Waals surface area contributed by atoms with Crippen LogP contribution >= 0.6 is 15.9 Å². The number of aryl methyl sites for hydroxylation is 1. The second-order valence-corrected chi connectivity index (χ2v) is 5.79. The average Bonchev–Trinajstić information content (AvgIpc) is 2.96. The molecule has 0 aromatic carbocycles. The van der Waals surface area contributed by atoms with Crippen molar-refractivity contribution in [2.75, 3.05) is 0 Å². The Balaban J connectivity index is 2.22. The van der Waals surface area contributed by atoms with E-state index in [1.165, 1.54) is 0 Å². The van der Waals surface area contributed by atoms with E-state index >= 15 is 0 Å². The molecule has 1 aromatic heterocycles. The third-order valence-corrected chi connectivity index (χ3v) is 4.09. The minimum Gasteiger partial charge on any atom is -0.480 e. The molecule has 1 aliphatic carbocycles. The molecule has 19 heavy (non-hydrogen) atoms. The van der Waals surface area contributed by atoms with Gasteiger partial charge in [0.15, 0.2) is 0 Å². The summed E-state index contributed by atoms with van der Waals surface area (Å²) in [6.45, 7) is 2.60. The fraction of sp³-hybridized carbons (Fsp3) is 0.538. The molecule has 1 fully saturated rings. The highest BCUT2D eigenvalue weighted by Crippen LogP contribution is 2.30. The van der Waals surface area contributed by atoms with Crippen LogP contribution in [-0.2, 0) is 11.3 Å². The number of carboxylic acid groups (broad SMARTS) is 1. The second kappa shape index (κ2) is 5.36. The van der Waals surface area contributed by atoms with E-state index in [0.29, 0.717) is 25.1 Å². The summed E-state index contributed by atoms with van der Waals surface area (Å²) >= 11 is 3.33. The van der Waals surface area contributed by atoms with Gasteiger partial charge in [-0.15, -0.1) is 0 Å². The van der Waals surface area contributed by atoms with E-state index in [1.807, 2.05) is 13.1 Å². The average molecular weight is 329 g/mol. The van der Waals surface area contributed by atoms with Gasteiger partial charge in [-0.2, -0.15) is 0 Å². The number of nitrogens with zero attached hydrogens (tertiary/aromatic N) is 1. The zero-order valence-corrected chi connectivity index (χ0v) is 12.4. The number of halogens is 1. The Morgan fingerprint density at radius 1 is 1.47 bits per heavy atom. The van der Waals surface area contributed by atoms with Gasteiger partial charge in [-0.1, -0.05) is 12.8 Å². The Kier molecular flexibility index (Phi) is 3.99. The maximum absolute atomic E-state index is 12.3. The number of carboxylic acids is 1. The van der Waals surface area contributed by atoms with Gasteiger partial charge in [-0.25, -0.2) is 4.79 Å². The smallest absolute Gasteiger partial charge is 0.329 e. The van der Waals surface area contributed by atoms with Gasteiger partial charge in [0.05, 0.1) is 0 Å². The van der Waals surface area contributed by atoms with Gasteiger partial charge < -0.3 is 15.0 Å². The molecule has 1 amide bonds. The standard InChI is InChI=1S/C13H17BrN2O3/c1-2-16-8-9(14)7-10(16)11(17)15-13(12(18)19)5-3-4-6-13/h7-8H,2-6H2,1H3,(H,15,17)(H,18,19). The SMILES string of the molecule is CCn1cc(Br)cc1C(=O)NC1(C(=O)O)CCCC1. The molecule has 2 N–H and O–H groups in total. The van der Waals surface area contributed by atoms with Crippen LogP contribution in [0.25, 0.3) is 0 Å². The van der Waals surface area contributed by atoms with Gasteiger partial charge in [0.2, 0.25) is 0 Å². The Hall–Kier alpha value is -1.30. The molecular weight excluding hydrogens is 312 g/mol. The van der Waals surface area contributed by atoms with E-state index in [9.17, 15) is 14.7 Å². The summed E-state index contributed by atoms with van der Waals surface area (Å²) < 4.78 is 2.61. The number of aromatic nitrogens is 1. The zero-order chi connectivity index (χ0) is 14.0. The molecular formula is C13H17BrN2O3.